The number of thiocarbonyl (C=S) groups is 1. The maximum atomic E-state index is 12.3. The topological polar surface area (TPSA) is 41.6 Å². The minimum absolute atomic E-state index is 0.0604. The Hall–Kier alpha value is -1.88. The molecule has 1 saturated heterocycles. The Labute approximate surface area is 130 Å². The summed E-state index contributed by atoms with van der Waals surface area (Å²) in [5, 5.41) is 3.48. The fraction of sp³-hybridized carbons (Fsp3) is 0.375. The van der Waals surface area contributed by atoms with Gasteiger partial charge in [0.1, 0.15) is 11.4 Å². The number of carbonyl (C=O) groups is 1. The highest BCUT2D eigenvalue weighted by Crippen LogP contribution is 2.25. The fourth-order valence-corrected chi connectivity index (χ4v) is 2.63. The van der Waals surface area contributed by atoms with Crippen molar-refractivity contribution in [3.63, 3.8) is 0 Å². The molecule has 1 aromatic rings. The molecular formula is C16H20N2O2S. The molecule has 0 spiro atoms. The third-order valence-corrected chi connectivity index (χ3v) is 3.82. The lowest BCUT2D eigenvalue weighted by Crippen LogP contribution is -2.31. The van der Waals surface area contributed by atoms with E-state index in [1.807, 2.05) is 39.0 Å². The standard InChI is InChI=1S/C16H20N2O2S/c1-5-6-18-15(19)13(17-16(18)21)9-12-7-11(3)14(20-4)8-10(12)2/h7-9H,5-6H2,1-4H3,(H,17,21)/b13-9+. The highest BCUT2D eigenvalue weighted by Gasteiger charge is 2.29. The van der Waals surface area contributed by atoms with Gasteiger partial charge < -0.3 is 10.1 Å². The summed E-state index contributed by atoms with van der Waals surface area (Å²) in [5.74, 6) is 0.790. The van der Waals surface area contributed by atoms with Gasteiger partial charge in [0.05, 0.1) is 7.11 Å². The van der Waals surface area contributed by atoms with Gasteiger partial charge in [-0.1, -0.05) is 6.92 Å². The zero-order valence-corrected chi connectivity index (χ0v) is 13.6. The van der Waals surface area contributed by atoms with E-state index in [0.29, 0.717) is 17.4 Å². The van der Waals surface area contributed by atoms with Crippen LogP contribution in [0.15, 0.2) is 17.8 Å². The summed E-state index contributed by atoms with van der Waals surface area (Å²) in [4.78, 5) is 13.9. The Morgan fingerprint density at radius 2 is 2.05 bits per heavy atom. The molecule has 1 aromatic carbocycles. The van der Waals surface area contributed by atoms with E-state index in [9.17, 15) is 4.79 Å². The van der Waals surface area contributed by atoms with Gasteiger partial charge in [-0.25, -0.2) is 0 Å². The van der Waals surface area contributed by atoms with Crippen molar-refractivity contribution in [2.75, 3.05) is 13.7 Å². The van der Waals surface area contributed by atoms with Crippen LogP contribution in [0.25, 0.3) is 6.08 Å². The van der Waals surface area contributed by atoms with Crippen molar-refractivity contribution in [3.05, 3.63) is 34.5 Å². The molecular weight excluding hydrogens is 284 g/mol. The summed E-state index contributed by atoms with van der Waals surface area (Å²) < 4.78 is 5.31. The first kappa shape index (κ1) is 15.5. The van der Waals surface area contributed by atoms with Gasteiger partial charge >= 0.3 is 0 Å². The van der Waals surface area contributed by atoms with E-state index in [2.05, 4.69) is 5.32 Å². The summed E-state index contributed by atoms with van der Waals surface area (Å²) >= 11 is 5.21. The van der Waals surface area contributed by atoms with Gasteiger partial charge in [0.15, 0.2) is 5.11 Å². The number of aryl methyl sites for hydroxylation is 2. The van der Waals surface area contributed by atoms with E-state index in [4.69, 9.17) is 17.0 Å². The molecule has 1 amide bonds. The highest BCUT2D eigenvalue weighted by atomic mass is 32.1. The van der Waals surface area contributed by atoms with Crippen LogP contribution < -0.4 is 10.1 Å². The molecule has 4 nitrogen and oxygen atoms in total. The minimum atomic E-state index is -0.0604. The summed E-state index contributed by atoms with van der Waals surface area (Å²) in [6, 6.07) is 3.99. The summed E-state index contributed by atoms with van der Waals surface area (Å²) in [5.41, 5.74) is 3.61. The number of nitrogens with one attached hydrogen (secondary N) is 1. The van der Waals surface area contributed by atoms with E-state index in [-0.39, 0.29) is 5.91 Å². The van der Waals surface area contributed by atoms with Gasteiger partial charge in [-0.15, -0.1) is 0 Å². The van der Waals surface area contributed by atoms with Crippen molar-refractivity contribution in [1.82, 2.24) is 10.2 Å². The number of nitrogens with zero attached hydrogens (tertiary/aromatic N) is 1. The first-order valence-corrected chi connectivity index (χ1v) is 7.38. The van der Waals surface area contributed by atoms with Gasteiger partial charge in [0.2, 0.25) is 0 Å². The molecule has 0 radical (unpaired) electrons. The molecule has 0 aromatic heterocycles. The lowest BCUT2D eigenvalue weighted by Gasteiger charge is -2.11. The molecule has 1 N–H and O–H groups in total. The number of rotatable bonds is 4. The van der Waals surface area contributed by atoms with Crippen LogP contribution in [0.4, 0.5) is 0 Å². The first-order valence-electron chi connectivity index (χ1n) is 6.97. The Balaban J connectivity index is 2.35. The number of hydrogen-bond donors (Lipinski definition) is 1. The average Bonchev–Trinajstić information content (AvgIpc) is 2.70. The van der Waals surface area contributed by atoms with Gasteiger partial charge in [0.25, 0.3) is 5.91 Å². The molecule has 1 heterocycles. The minimum Gasteiger partial charge on any atom is -0.496 e. The highest BCUT2D eigenvalue weighted by molar-refractivity contribution is 7.80. The largest absolute Gasteiger partial charge is 0.496 e. The van der Waals surface area contributed by atoms with Gasteiger partial charge in [-0.2, -0.15) is 0 Å². The Kier molecular flexibility index (Phi) is 4.63. The van der Waals surface area contributed by atoms with Crippen molar-refractivity contribution >= 4 is 29.3 Å². The van der Waals surface area contributed by atoms with Crippen LogP contribution >= 0.6 is 12.2 Å². The van der Waals surface area contributed by atoms with E-state index >= 15 is 0 Å². The van der Waals surface area contributed by atoms with Crippen LogP contribution in [0.3, 0.4) is 0 Å². The van der Waals surface area contributed by atoms with Crippen LogP contribution in [0.2, 0.25) is 0 Å². The monoisotopic (exact) mass is 304 g/mol. The lowest BCUT2D eigenvalue weighted by molar-refractivity contribution is -0.122. The number of carbonyl (C=O) groups excluding carboxylic acids is 1. The van der Waals surface area contributed by atoms with E-state index in [0.717, 1.165) is 28.9 Å². The Morgan fingerprint density at radius 3 is 2.67 bits per heavy atom. The van der Waals surface area contributed by atoms with E-state index < -0.39 is 0 Å². The smallest absolute Gasteiger partial charge is 0.276 e. The number of benzene rings is 1. The molecule has 0 unspecified atom stereocenters. The predicted octanol–water partition coefficient (Wildman–Crippen LogP) is 2.78. The molecule has 5 heteroatoms. The quantitative estimate of drug-likeness (QED) is 0.686. The molecule has 1 aliphatic heterocycles. The lowest BCUT2D eigenvalue weighted by atomic mass is 10.0. The molecule has 0 bridgehead atoms. The maximum absolute atomic E-state index is 12.3. The zero-order valence-electron chi connectivity index (χ0n) is 12.8. The molecule has 0 saturated carbocycles. The molecule has 0 aliphatic carbocycles. The van der Waals surface area contributed by atoms with E-state index in [1.54, 1.807) is 12.0 Å². The molecule has 21 heavy (non-hydrogen) atoms. The second-order valence-corrected chi connectivity index (χ2v) is 5.51. The van der Waals surface area contributed by atoms with Crippen molar-refractivity contribution in [1.29, 1.82) is 0 Å². The van der Waals surface area contributed by atoms with Crippen molar-refractivity contribution in [2.45, 2.75) is 27.2 Å². The summed E-state index contributed by atoms with van der Waals surface area (Å²) in [7, 11) is 1.66. The van der Waals surface area contributed by atoms with Crippen molar-refractivity contribution < 1.29 is 9.53 Å². The maximum Gasteiger partial charge on any atom is 0.276 e. The normalized spacial score (nSPS) is 16.6. The van der Waals surface area contributed by atoms with E-state index in [1.165, 1.54) is 0 Å². The molecule has 1 aliphatic rings. The van der Waals surface area contributed by atoms with Gasteiger partial charge in [-0.05, 0) is 67.4 Å². The Morgan fingerprint density at radius 1 is 1.33 bits per heavy atom. The van der Waals surface area contributed by atoms with Crippen molar-refractivity contribution in [2.24, 2.45) is 0 Å². The van der Waals surface area contributed by atoms with Crippen LogP contribution in [0.5, 0.6) is 5.75 Å². The van der Waals surface area contributed by atoms with Crippen molar-refractivity contribution in [3.8, 4) is 5.75 Å². The van der Waals surface area contributed by atoms with Gasteiger partial charge in [-0.3, -0.25) is 9.69 Å². The van der Waals surface area contributed by atoms with Crippen LogP contribution in [-0.2, 0) is 4.79 Å². The predicted molar refractivity (Wildman–Crippen MR) is 88.2 cm³/mol. The summed E-state index contributed by atoms with van der Waals surface area (Å²) in [6.45, 7) is 6.64. The van der Waals surface area contributed by atoms with Crippen LogP contribution in [0.1, 0.15) is 30.0 Å². The number of methoxy groups -OCH3 is 1. The van der Waals surface area contributed by atoms with Gasteiger partial charge in [0, 0.05) is 6.54 Å². The van der Waals surface area contributed by atoms with Crippen LogP contribution in [-0.4, -0.2) is 29.6 Å². The fourth-order valence-electron chi connectivity index (χ4n) is 2.34. The SMILES string of the molecule is CCCN1C(=O)/C(=C\c2cc(C)c(OC)cc2C)NC1=S. The molecule has 112 valence electrons. The number of ether oxygens (including phenoxy) is 1. The summed E-state index contributed by atoms with van der Waals surface area (Å²) in [6.07, 6.45) is 2.73. The third-order valence-electron chi connectivity index (χ3n) is 3.49. The Bertz CT molecular complexity index is 623. The molecule has 2 rings (SSSR count). The third kappa shape index (κ3) is 3.08. The molecule has 1 fully saturated rings. The second-order valence-electron chi connectivity index (χ2n) is 5.12. The first-order chi connectivity index (χ1) is 9.97. The van der Waals surface area contributed by atoms with Crippen LogP contribution in [0, 0.1) is 13.8 Å². The zero-order chi connectivity index (χ0) is 15.6. The molecule has 0 atom stereocenters. The number of hydrogen-bond acceptors (Lipinski definition) is 3. The number of amides is 1. The second kappa shape index (κ2) is 6.26. The average molecular weight is 304 g/mol.